The van der Waals surface area contributed by atoms with Crippen LogP contribution in [-0.4, -0.2) is 95.9 Å². The number of carbonyl (C=O) groups is 3. The predicted molar refractivity (Wildman–Crippen MR) is 362 cm³/mol. The van der Waals surface area contributed by atoms with Crippen LogP contribution in [0.15, 0.2) is 109 Å². The molecule has 0 bridgehead atoms. The number of hydrogen-bond acceptors (Lipinski definition) is 14. The molecular weight excluding hydrogens is 1170 g/mol. The van der Waals surface area contributed by atoms with E-state index in [9.17, 15) is 43.5 Å². The second-order valence-electron chi connectivity index (χ2n) is 22.6. The number of aliphatic hydroxyl groups is 2. The summed E-state index contributed by atoms with van der Waals surface area (Å²) in [6, 6.07) is 0. The third-order valence-electron chi connectivity index (χ3n) is 14.0. The number of aliphatic hydroxyl groups excluding tert-OH is 2. The fourth-order valence-electron chi connectivity index (χ4n) is 8.78. The quantitative estimate of drug-likeness (QED) is 0.0146. The Bertz CT molecular complexity index is 2060. The van der Waals surface area contributed by atoms with E-state index in [-0.39, 0.29) is 19.3 Å². The minimum Gasteiger partial charge on any atom is -0.463 e. The molecule has 0 saturated heterocycles. The SMILES string of the molecule is CC/C=C\C/C=C\C/C=C\C/C=C\C/C=C\C/C=C\CCC(=O)OCC(O)COP(=O)(O)OCC(O)COP(=O)(O)OCC(COC(=O)CCCCCCCC/C=C\C/C=C\C/C=C\CCCCC)OC(=O)CCCCCCCCCCCCCCCCC. The Morgan fingerprint density at radius 1 is 0.326 bits per heavy atom. The normalized spacial score (nSPS) is 14.9. The van der Waals surface area contributed by atoms with Crippen LogP contribution in [-0.2, 0) is 55.8 Å². The molecule has 4 N–H and O–H groups in total. The van der Waals surface area contributed by atoms with E-state index >= 15 is 0 Å². The van der Waals surface area contributed by atoms with Gasteiger partial charge in [0, 0.05) is 19.3 Å². The first-order valence-corrected chi connectivity index (χ1v) is 37.2. The van der Waals surface area contributed by atoms with Gasteiger partial charge in [-0.25, -0.2) is 9.13 Å². The lowest BCUT2D eigenvalue weighted by molar-refractivity contribution is -0.161. The number of carbonyl (C=O) groups excluding carboxylic acids is 3. The van der Waals surface area contributed by atoms with Crippen molar-refractivity contribution in [3.63, 3.8) is 0 Å². The van der Waals surface area contributed by atoms with Gasteiger partial charge in [0.25, 0.3) is 0 Å². The molecule has 18 heteroatoms. The Morgan fingerprint density at radius 2 is 0.618 bits per heavy atom. The molecule has 0 aliphatic carbocycles. The van der Waals surface area contributed by atoms with Crippen molar-refractivity contribution in [2.24, 2.45) is 0 Å². The van der Waals surface area contributed by atoms with Crippen molar-refractivity contribution in [3.8, 4) is 0 Å². The number of hydrogen-bond donors (Lipinski definition) is 4. The van der Waals surface area contributed by atoms with Crippen LogP contribution in [0.1, 0.15) is 265 Å². The number of unbranched alkanes of at least 4 members (excludes halogenated alkanes) is 23. The summed E-state index contributed by atoms with van der Waals surface area (Å²) in [4.78, 5) is 58.3. The van der Waals surface area contributed by atoms with Crippen molar-refractivity contribution < 1.29 is 75.8 Å². The van der Waals surface area contributed by atoms with Crippen molar-refractivity contribution in [1.82, 2.24) is 0 Å². The molecule has 0 aromatic heterocycles. The third kappa shape index (κ3) is 65.5. The fourth-order valence-corrected chi connectivity index (χ4v) is 10.4. The van der Waals surface area contributed by atoms with Gasteiger partial charge < -0.3 is 34.2 Å². The third-order valence-corrected chi connectivity index (χ3v) is 15.9. The Balaban J connectivity index is 4.75. The van der Waals surface area contributed by atoms with E-state index < -0.39 is 91.5 Å². The first-order chi connectivity index (χ1) is 43.2. The fraction of sp³-hybridized carbons (Fsp3) is 0.704. The Labute approximate surface area is 539 Å². The van der Waals surface area contributed by atoms with Gasteiger partial charge in [0.15, 0.2) is 6.10 Å². The topological polar surface area (TPSA) is 231 Å². The number of allylic oxidation sites excluding steroid dienone is 18. The largest absolute Gasteiger partial charge is 0.472 e. The Morgan fingerprint density at radius 3 is 1.03 bits per heavy atom. The highest BCUT2D eigenvalue weighted by Crippen LogP contribution is 2.45. The lowest BCUT2D eigenvalue weighted by Gasteiger charge is -2.21. The Kier molecular flexibility index (Phi) is 61.6. The zero-order chi connectivity index (χ0) is 65.3. The lowest BCUT2D eigenvalue weighted by atomic mass is 10.0. The maximum Gasteiger partial charge on any atom is 0.472 e. The van der Waals surface area contributed by atoms with E-state index in [1.165, 1.54) is 83.5 Å². The molecule has 0 saturated carbocycles. The van der Waals surface area contributed by atoms with Gasteiger partial charge in [0.1, 0.15) is 25.4 Å². The average molecular weight is 1290 g/mol. The highest BCUT2D eigenvalue weighted by molar-refractivity contribution is 7.47. The number of rotatable bonds is 64. The molecule has 0 aromatic carbocycles. The summed E-state index contributed by atoms with van der Waals surface area (Å²) in [6.45, 7) is 2.43. The van der Waals surface area contributed by atoms with Gasteiger partial charge in [0.2, 0.25) is 0 Å². The summed E-state index contributed by atoms with van der Waals surface area (Å²) in [5.74, 6) is -1.67. The van der Waals surface area contributed by atoms with Crippen LogP contribution < -0.4 is 0 Å². The number of esters is 3. The molecule has 16 nitrogen and oxygen atoms in total. The van der Waals surface area contributed by atoms with E-state index in [2.05, 4.69) is 112 Å². The van der Waals surface area contributed by atoms with Crippen LogP contribution in [0.3, 0.4) is 0 Å². The molecule has 0 spiro atoms. The van der Waals surface area contributed by atoms with Gasteiger partial charge in [-0.1, -0.05) is 259 Å². The van der Waals surface area contributed by atoms with E-state index in [1.54, 1.807) is 0 Å². The van der Waals surface area contributed by atoms with Crippen LogP contribution in [0.2, 0.25) is 0 Å². The summed E-state index contributed by atoms with van der Waals surface area (Å²) in [7, 11) is -9.80. The van der Waals surface area contributed by atoms with Gasteiger partial charge in [-0.3, -0.25) is 32.5 Å². The van der Waals surface area contributed by atoms with Crippen LogP contribution in [0.25, 0.3) is 0 Å². The minimum atomic E-state index is -4.93. The number of phosphoric ester groups is 2. The molecule has 0 aliphatic heterocycles. The monoisotopic (exact) mass is 1290 g/mol. The second-order valence-corrected chi connectivity index (χ2v) is 25.5. The van der Waals surface area contributed by atoms with Crippen LogP contribution >= 0.6 is 15.6 Å². The summed E-state index contributed by atoms with van der Waals surface area (Å²) in [5, 5.41) is 20.5. The lowest BCUT2D eigenvalue weighted by Crippen LogP contribution is -2.30. The smallest absolute Gasteiger partial charge is 0.463 e. The maximum absolute atomic E-state index is 12.9. The molecule has 0 radical (unpaired) electrons. The van der Waals surface area contributed by atoms with E-state index in [0.29, 0.717) is 25.7 Å². The summed E-state index contributed by atoms with van der Waals surface area (Å²) in [5.41, 5.74) is 0. The molecule has 89 heavy (non-hydrogen) atoms. The van der Waals surface area contributed by atoms with Gasteiger partial charge >= 0.3 is 33.6 Å². The van der Waals surface area contributed by atoms with E-state index in [0.717, 1.165) is 116 Å². The number of phosphoric acid groups is 2. The van der Waals surface area contributed by atoms with Gasteiger partial charge in [0.05, 0.1) is 26.4 Å². The standard InChI is InChI=1S/C71H122O16P2/c1-4-7-10-13-16-19-22-25-28-30-32-34-37-39-42-45-48-51-54-57-69(74)81-60-66(72)61-83-88(77,78)84-62-67(73)63-85-89(79,80)86-65-68(87-71(76)59-56-53-50-47-44-41-36-27-24-21-18-15-12-9-6-3)64-82-70(75)58-55-52-49-46-43-40-38-35-33-31-29-26-23-20-17-14-11-8-5-2/h7,10,16-17,19-20,25-26,28-29,32-35,39,42,48,51,66-68,72-73H,4-6,8-9,11-15,18,21-24,27,30-31,36-38,40-41,43-47,49-50,52-65H2,1-3H3,(H,77,78)(H,79,80)/b10-7-,19-16-,20-17-,28-25-,29-26-,34-32-,35-33-,42-39-,51-48-. The Hall–Kier alpha value is -3.79. The summed E-state index contributed by atoms with van der Waals surface area (Å²) < 4.78 is 60.8. The zero-order valence-corrected chi connectivity index (χ0v) is 57.1. The van der Waals surface area contributed by atoms with Crippen molar-refractivity contribution in [3.05, 3.63) is 109 Å². The molecule has 0 amide bonds. The van der Waals surface area contributed by atoms with Gasteiger partial charge in [-0.05, 0) is 96.3 Å². The minimum absolute atomic E-state index is 0.0585. The summed E-state index contributed by atoms with van der Waals surface area (Å²) >= 11 is 0. The van der Waals surface area contributed by atoms with Crippen LogP contribution in [0.5, 0.6) is 0 Å². The molecule has 0 fully saturated rings. The molecule has 512 valence electrons. The average Bonchev–Trinajstić information content (AvgIpc) is 3.54. The van der Waals surface area contributed by atoms with Crippen LogP contribution in [0, 0.1) is 0 Å². The van der Waals surface area contributed by atoms with E-state index in [4.69, 9.17) is 32.3 Å². The van der Waals surface area contributed by atoms with Crippen molar-refractivity contribution >= 4 is 33.6 Å². The highest BCUT2D eigenvalue weighted by atomic mass is 31.2. The molecule has 0 aliphatic rings. The first kappa shape index (κ1) is 85.2. The summed E-state index contributed by atoms with van der Waals surface area (Å²) in [6.07, 6.45) is 71.5. The van der Waals surface area contributed by atoms with Crippen LogP contribution in [0.4, 0.5) is 0 Å². The molecule has 0 heterocycles. The first-order valence-electron chi connectivity index (χ1n) is 34.2. The predicted octanol–water partition coefficient (Wildman–Crippen LogP) is 18.9. The number of ether oxygens (including phenoxy) is 3. The van der Waals surface area contributed by atoms with Crippen molar-refractivity contribution in [2.45, 2.75) is 283 Å². The van der Waals surface area contributed by atoms with Crippen molar-refractivity contribution in [1.29, 1.82) is 0 Å². The second kappa shape index (κ2) is 64.3. The zero-order valence-electron chi connectivity index (χ0n) is 55.3. The highest BCUT2D eigenvalue weighted by Gasteiger charge is 2.29. The molecular formula is C71H122O16P2. The maximum atomic E-state index is 12.9. The van der Waals surface area contributed by atoms with Gasteiger partial charge in [-0.15, -0.1) is 0 Å². The molecule has 5 atom stereocenters. The molecule has 5 unspecified atom stereocenters. The molecule has 0 aromatic rings. The molecule has 0 rings (SSSR count). The van der Waals surface area contributed by atoms with E-state index in [1.807, 2.05) is 18.2 Å². The van der Waals surface area contributed by atoms with Crippen molar-refractivity contribution in [2.75, 3.05) is 39.6 Å². The van der Waals surface area contributed by atoms with Gasteiger partial charge in [-0.2, -0.15) is 0 Å².